The van der Waals surface area contributed by atoms with Crippen LogP contribution in [0.2, 0.25) is 0 Å². The van der Waals surface area contributed by atoms with Gasteiger partial charge in [0.15, 0.2) is 0 Å². The molecule has 0 aromatic heterocycles. The van der Waals surface area contributed by atoms with E-state index < -0.39 is 0 Å². The fourth-order valence-corrected chi connectivity index (χ4v) is 5.79. The Morgan fingerprint density at radius 3 is 2.46 bits per heavy atom. The molecule has 6 nitrogen and oxygen atoms in total. The van der Waals surface area contributed by atoms with E-state index in [0.717, 1.165) is 49.6 Å². The minimum Gasteiger partial charge on any atom is -0.379 e. The normalized spacial score (nSPS) is 23.9. The second-order valence-corrected chi connectivity index (χ2v) is 12.1. The number of allylic oxidation sites excluding steroid dienone is 2. The molecule has 0 amide bonds. The van der Waals surface area contributed by atoms with Crippen molar-refractivity contribution in [2.24, 2.45) is 16.8 Å². The van der Waals surface area contributed by atoms with Crippen molar-refractivity contribution in [3.05, 3.63) is 36.1 Å². The van der Waals surface area contributed by atoms with Gasteiger partial charge >= 0.3 is 0 Å². The summed E-state index contributed by atoms with van der Waals surface area (Å²) in [7, 11) is 3.98. The molecule has 0 radical (unpaired) electrons. The molecule has 2 aliphatic heterocycles. The Morgan fingerprint density at radius 2 is 1.87 bits per heavy atom. The molecular weight excluding hydrogens is 484 g/mol. The Kier molecular flexibility index (Phi) is 15.8. The van der Waals surface area contributed by atoms with Gasteiger partial charge in [-0.2, -0.15) is 0 Å². The number of nitrogens with zero attached hydrogens (tertiary/aromatic N) is 4. The third-order valence-electron chi connectivity index (χ3n) is 8.55. The summed E-state index contributed by atoms with van der Waals surface area (Å²) < 4.78 is 11.5. The van der Waals surface area contributed by atoms with E-state index in [0.29, 0.717) is 31.1 Å². The van der Waals surface area contributed by atoms with Gasteiger partial charge in [-0.25, -0.2) is 0 Å². The topological polar surface area (TPSA) is 40.5 Å². The van der Waals surface area contributed by atoms with Crippen molar-refractivity contribution >= 4 is 5.71 Å². The first-order valence-electron chi connectivity index (χ1n) is 15.6. The molecule has 224 valence electrons. The summed E-state index contributed by atoms with van der Waals surface area (Å²) in [5, 5.41) is 0. The summed E-state index contributed by atoms with van der Waals surface area (Å²) in [6.07, 6.45) is 11.8. The quantitative estimate of drug-likeness (QED) is 0.155. The van der Waals surface area contributed by atoms with Crippen LogP contribution in [0.5, 0.6) is 0 Å². The molecule has 0 bridgehead atoms. The maximum absolute atomic E-state index is 5.82. The number of hydrogen-bond donors (Lipinski definition) is 0. The number of hydrogen-bond acceptors (Lipinski definition) is 6. The van der Waals surface area contributed by atoms with Gasteiger partial charge in [-0.05, 0) is 77.3 Å². The zero-order valence-electron chi connectivity index (χ0n) is 26.6. The minimum absolute atomic E-state index is 0.191. The van der Waals surface area contributed by atoms with Gasteiger partial charge < -0.3 is 14.4 Å². The summed E-state index contributed by atoms with van der Waals surface area (Å²) in [4.78, 5) is 12.6. The van der Waals surface area contributed by atoms with Gasteiger partial charge in [0.1, 0.15) is 6.10 Å². The van der Waals surface area contributed by atoms with Crippen molar-refractivity contribution in [1.29, 1.82) is 0 Å². The number of ether oxygens (including phenoxy) is 2. The standard InChI is InChI=1S/C33H60N4O2/c1-10-12-17-34-33(32(38-9)25-39-11-2)28(6)30(23-26(3)4)15-13-14-27(5)16-18-37-24-31(29(37)7)36-21-19-35(8)20-22-36/h12,16-17,26,29-32H,6,10-11,13-15,18-25H2,1-5,7-9H3/b17-12-,27-16+,34-33?. The van der Waals surface area contributed by atoms with Crippen molar-refractivity contribution in [2.75, 3.05) is 66.6 Å². The van der Waals surface area contributed by atoms with E-state index in [4.69, 9.17) is 14.5 Å². The van der Waals surface area contributed by atoms with Gasteiger partial charge in [-0.3, -0.25) is 14.8 Å². The van der Waals surface area contributed by atoms with Crippen LogP contribution in [0.15, 0.2) is 41.1 Å². The average Bonchev–Trinajstić information content (AvgIpc) is 2.91. The molecule has 4 atom stereocenters. The summed E-state index contributed by atoms with van der Waals surface area (Å²) in [6.45, 7) is 26.3. The number of rotatable bonds is 18. The van der Waals surface area contributed by atoms with E-state index in [9.17, 15) is 0 Å². The Labute approximate surface area is 241 Å². The molecule has 2 heterocycles. The molecule has 0 N–H and O–H groups in total. The smallest absolute Gasteiger partial charge is 0.123 e. The zero-order valence-corrected chi connectivity index (χ0v) is 26.6. The van der Waals surface area contributed by atoms with Crippen molar-refractivity contribution in [3.63, 3.8) is 0 Å². The van der Waals surface area contributed by atoms with E-state index in [2.05, 4.69) is 75.1 Å². The van der Waals surface area contributed by atoms with Crippen LogP contribution in [0.3, 0.4) is 0 Å². The summed E-state index contributed by atoms with van der Waals surface area (Å²) in [6, 6.07) is 1.39. The largest absolute Gasteiger partial charge is 0.379 e. The van der Waals surface area contributed by atoms with Crippen molar-refractivity contribution in [2.45, 2.75) is 91.8 Å². The van der Waals surface area contributed by atoms with Crippen molar-refractivity contribution in [3.8, 4) is 0 Å². The lowest BCUT2D eigenvalue weighted by atomic mass is 9.83. The van der Waals surface area contributed by atoms with Crippen molar-refractivity contribution < 1.29 is 9.47 Å². The number of likely N-dealkylation sites (N-methyl/N-ethyl adjacent to an activating group) is 1. The second kappa shape index (κ2) is 18.2. The fourth-order valence-electron chi connectivity index (χ4n) is 5.79. The monoisotopic (exact) mass is 544 g/mol. The van der Waals surface area contributed by atoms with Gasteiger partial charge in [0.05, 0.1) is 12.3 Å². The highest BCUT2D eigenvalue weighted by molar-refractivity contribution is 6.03. The predicted octanol–water partition coefficient (Wildman–Crippen LogP) is 6.06. The molecule has 0 saturated carbocycles. The first-order chi connectivity index (χ1) is 18.7. The molecule has 2 fully saturated rings. The molecule has 2 saturated heterocycles. The third kappa shape index (κ3) is 11.2. The molecular formula is C33H60N4O2. The second-order valence-electron chi connectivity index (χ2n) is 12.1. The first kappa shape index (κ1) is 33.9. The number of piperazine rings is 1. The van der Waals surface area contributed by atoms with Crippen LogP contribution in [-0.2, 0) is 9.47 Å². The van der Waals surface area contributed by atoms with E-state index in [1.54, 1.807) is 7.11 Å². The van der Waals surface area contributed by atoms with Crippen LogP contribution < -0.4 is 0 Å². The Hall–Kier alpha value is -1.31. The van der Waals surface area contributed by atoms with Crippen molar-refractivity contribution in [1.82, 2.24) is 14.7 Å². The highest BCUT2D eigenvalue weighted by Crippen LogP contribution is 2.29. The zero-order chi connectivity index (χ0) is 28.8. The lowest BCUT2D eigenvalue weighted by molar-refractivity contribution is -0.0296. The number of aliphatic imine (C=N–C) groups is 1. The Morgan fingerprint density at radius 1 is 1.15 bits per heavy atom. The summed E-state index contributed by atoms with van der Waals surface area (Å²) >= 11 is 0. The maximum atomic E-state index is 5.82. The Bertz CT molecular complexity index is 798. The van der Waals surface area contributed by atoms with Crippen LogP contribution in [-0.4, -0.2) is 105 Å². The fraction of sp³-hybridized carbons (Fsp3) is 0.788. The van der Waals surface area contributed by atoms with Crippen LogP contribution in [0, 0.1) is 11.8 Å². The van der Waals surface area contributed by atoms with E-state index in [1.165, 1.54) is 44.7 Å². The molecule has 4 unspecified atom stereocenters. The molecule has 2 aliphatic rings. The average molecular weight is 545 g/mol. The van der Waals surface area contributed by atoms with Crippen LogP contribution >= 0.6 is 0 Å². The lowest BCUT2D eigenvalue weighted by Gasteiger charge is -2.52. The number of likely N-dealkylation sites (tertiary alicyclic amines) is 1. The molecule has 0 aliphatic carbocycles. The van der Waals surface area contributed by atoms with E-state index >= 15 is 0 Å². The molecule has 6 heteroatoms. The lowest BCUT2D eigenvalue weighted by Crippen LogP contribution is -2.67. The van der Waals surface area contributed by atoms with E-state index in [-0.39, 0.29) is 6.10 Å². The van der Waals surface area contributed by atoms with Crippen LogP contribution in [0.4, 0.5) is 0 Å². The summed E-state index contributed by atoms with van der Waals surface area (Å²) in [5.41, 5.74) is 3.56. The van der Waals surface area contributed by atoms with Gasteiger partial charge in [0, 0.05) is 71.3 Å². The maximum Gasteiger partial charge on any atom is 0.123 e. The van der Waals surface area contributed by atoms with Gasteiger partial charge in [-0.1, -0.05) is 45.1 Å². The highest BCUT2D eigenvalue weighted by Gasteiger charge is 2.39. The van der Waals surface area contributed by atoms with E-state index in [1.807, 2.05) is 13.1 Å². The molecule has 0 aromatic carbocycles. The van der Waals surface area contributed by atoms with Gasteiger partial charge in [-0.15, -0.1) is 0 Å². The van der Waals surface area contributed by atoms with Gasteiger partial charge in [0.2, 0.25) is 0 Å². The highest BCUT2D eigenvalue weighted by atomic mass is 16.5. The molecule has 0 spiro atoms. The van der Waals surface area contributed by atoms with Crippen LogP contribution in [0.25, 0.3) is 0 Å². The number of methoxy groups -OCH3 is 1. The third-order valence-corrected chi connectivity index (χ3v) is 8.55. The van der Waals surface area contributed by atoms with Gasteiger partial charge in [0.25, 0.3) is 0 Å². The molecule has 39 heavy (non-hydrogen) atoms. The predicted molar refractivity (Wildman–Crippen MR) is 168 cm³/mol. The first-order valence-corrected chi connectivity index (χ1v) is 15.6. The van der Waals surface area contributed by atoms with Crippen LogP contribution in [0.1, 0.15) is 73.6 Å². The summed E-state index contributed by atoms with van der Waals surface area (Å²) in [5.74, 6) is 0.996. The minimum atomic E-state index is -0.191. The molecule has 2 rings (SSSR count). The SMILES string of the molecule is C=C(C(=N/C=C\CC)C(COCC)OC)C(CCC/C(C)=C/CN1CC(N2CCN(C)CC2)C1C)CC(C)C. The Balaban J connectivity index is 1.92. The molecule has 0 aromatic rings.